The monoisotopic (exact) mass is 491 g/mol. The van der Waals surface area contributed by atoms with Crippen LogP contribution < -0.4 is 15.4 Å². The molecule has 0 aliphatic carbocycles. The van der Waals surface area contributed by atoms with Crippen molar-refractivity contribution in [3.63, 3.8) is 0 Å². The van der Waals surface area contributed by atoms with Crippen LogP contribution in [0.3, 0.4) is 0 Å². The van der Waals surface area contributed by atoms with Gasteiger partial charge in [0.15, 0.2) is 5.76 Å². The van der Waals surface area contributed by atoms with Crippen molar-refractivity contribution in [2.45, 2.75) is 17.4 Å². The molecule has 8 nitrogen and oxygen atoms in total. The van der Waals surface area contributed by atoms with Gasteiger partial charge in [-0.05, 0) is 67.0 Å². The van der Waals surface area contributed by atoms with Crippen molar-refractivity contribution in [1.29, 1.82) is 0 Å². The van der Waals surface area contributed by atoms with Crippen molar-refractivity contribution in [3.8, 4) is 0 Å². The third kappa shape index (κ3) is 6.67. The highest BCUT2D eigenvalue weighted by Gasteiger charge is 2.27. The van der Waals surface area contributed by atoms with Gasteiger partial charge in [0.1, 0.15) is 16.8 Å². The third-order valence-corrected chi connectivity index (χ3v) is 6.65. The molecule has 3 rings (SSSR count). The van der Waals surface area contributed by atoms with Gasteiger partial charge in [0.25, 0.3) is 5.91 Å². The maximum atomic E-state index is 14.0. The number of carbonyl (C=O) groups excluding carboxylic acids is 2. The van der Waals surface area contributed by atoms with Gasteiger partial charge in [0.05, 0.1) is 6.26 Å². The fourth-order valence-electron chi connectivity index (χ4n) is 2.86. The Bertz CT molecular complexity index is 1200. The number of hydrogen-bond donors (Lipinski definition) is 3. The smallest absolute Gasteiger partial charge is 0.291 e. The van der Waals surface area contributed by atoms with E-state index in [2.05, 4.69) is 15.4 Å². The van der Waals surface area contributed by atoms with Crippen LogP contribution in [0.2, 0.25) is 0 Å². The van der Waals surface area contributed by atoms with Gasteiger partial charge >= 0.3 is 0 Å². The molecular weight excluding hydrogens is 469 g/mol. The summed E-state index contributed by atoms with van der Waals surface area (Å²) in [7, 11) is -4.25. The van der Waals surface area contributed by atoms with E-state index in [0.29, 0.717) is 17.1 Å². The number of sulfonamides is 1. The van der Waals surface area contributed by atoms with Gasteiger partial charge in [0, 0.05) is 11.4 Å². The molecule has 3 N–H and O–H groups in total. The lowest BCUT2D eigenvalue weighted by Crippen LogP contribution is -2.44. The highest BCUT2D eigenvalue weighted by Crippen LogP contribution is 2.18. The lowest BCUT2D eigenvalue weighted by atomic mass is 10.2. The average Bonchev–Trinajstić information content (AvgIpc) is 3.33. The molecule has 0 radical (unpaired) electrons. The molecule has 0 bridgehead atoms. The van der Waals surface area contributed by atoms with Crippen molar-refractivity contribution in [3.05, 3.63) is 78.5 Å². The average molecular weight is 492 g/mol. The summed E-state index contributed by atoms with van der Waals surface area (Å²) in [5.41, 5.74) is 0.879. The summed E-state index contributed by atoms with van der Waals surface area (Å²) in [6, 6.07) is 13.3. The van der Waals surface area contributed by atoms with Crippen molar-refractivity contribution < 1.29 is 26.8 Å². The molecule has 0 aliphatic heterocycles. The largest absolute Gasteiger partial charge is 0.459 e. The highest BCUT2D eigenvalue weighted by atomic mass is 32.2. The molecular formula is C22H22FN3O5S2. The van der Waals surface area contributed by atoms with Crippen LogP contribution in [0.5, 0.6) is 0 Å². The van der Waals surface area contributed by atoms with E-state index in [1.54, 1.807) is 30.3 Å². The second kappa shape index (κ2) is 11.1. The number of halogens is 1. The van der Waals surface area contributed by atoms with E-state index in [1.807, 2.05) is 6.26 Å². The number of benzene rings is 2. The van der Waals surface area contributed by atoms with E-state index >= 15 is 0 Å². The molecule has 2 aromatic carbocycles. The van der Waals surface area contributed by atoms with Gasteiger partial charge in [-0.1, -0.05) is 12.1 Å². The summed E-state index contributed by atoms with van der Waals surface area (Å²) in [4.78, 5) is 24.3. The van der Waals surface area contributed by atoms with Gasteiger partial charge < -0.3 is 15.1 Å². The van der Waals surface area contributed by atoms with Crippen LogP contribution in [-0.4, -0.2) is 38.3 Å². The minimum atomic E-state index is -4.25. The van der Waals surface area contributed by atoms with Crippen molar-refractivity contribution >= 4 is 45.0 Å². The topological polar surface area (TPSA) is 118 Å². The summed E-state index contributed by atoms with van der Waals surface area (Å²) >= 11 is 1.45. The van der Waals surface area contributed by atoms with Crippen LogP contribution in [0.25, 0.3) is 0 Å². The first-order valence-corrected chi connectivity index (χ1v) is 12.7. The summed E-state index contributed by atoms with van der Waals surface area (Å²) in [5.74, 6) is -1.24. The molecule has 3 aromatic rings. The Labute approximate surface area is 195 Å². The standard InChI is InChI=1S/C22H22FN3O5S2/c1-32-14-12-18(26-33(29,30)20-7-3-2-5-17(20)23)21(27)24-15-8-10-16(11-9-15)25-22(28)19-6-4-13-31-19/h2-11,13,18,26H,12,14H2,1H3,(H,24,27)(H,25,28). The fourth-order valence-corrected chi connectivity index (χ4v) is 4.64. The molecule has 0 spiro atoms. The van der Waals surface area contributed by atoms with E-state index < -0.39 is 38.6 Å². The molecule has 0 fully saturated rings. The number of anilines is 2. The molecule has 0 aliphatic rings. The first kappa shape index (κ1) is 24.5. The Kier molecular flexibility index (Phi) is 8.26. The molecule has 1 atom stereocenters. The van der Waals surface area contributed by atoms with Crippen LogP contribution in [0, 0.1) is 5.82 Å². The van der Waals surface area contributed by atoms with E-state index in [9.17, 15) is 22.4 Å². The van der Waals surface area contributed by atoms with Crippen molar-refractivity contribution in [1.82, 2.24) is 4.72 Å². The Hall–Kier alpha value is -3.15. The zero-order valence-corrected chi connectivity index (χ0v) is 19.2. The Morgan fingerprint density at radius 1 is 1.00 bits per heavy atom. The second-order valence-corrected chi connectivity index (χ2v) is 9.55. The first-order chi connectivity index (χ1) is 15.8. The minimum absolute atomic E-state index is 0.158. The van der Waals surface area contributed by atoms with E-state index in [4.69, 9.17) is 4.42 Å². The lowest BCUT2D eigenvalue weighted by molar-refractivity contribution is -0.117. The van der Waals surface area contributed by atoms with E-state index in [0.717, 1.165) is 12.1 Å². The van der Waals surface area contributed by atoms with Gasteiger partial charge in [-0.2, -0.15) is 16.5 Å². The summed E-state index contributed by atoms with van der Waals surface area (Å²) in [5, 5.41) is 5.30. The molecule has 174 valence electrons. The van der Waals surface area contributed by atoms with E-state index in [1.165, 1.54) is 36.2 Å². The molecule has 1 aromatic heterocycles. The van der Waals surface area contributed by atoms with Crippen molar-refractivity contribution in [2.75, 3.05) is 22.6 Å². The fraction of sp³-hybridized carbons (Fsp3) is 0.182. The number of thioether (sulfide) groups is 1. The molecule has 1 heterocycles. The number of hydrogen-bond acceptors (Lipinski definition) is 6. The first-order valence-electron chi connectivity index (χ1n) is 9.82. The molecule has 11 heteroatoms. The maximum absolute atomic E-state index is 14.0. The SMILES string of the molecule is CSCCC(NS(=O)(=O)c1ccccc1F)C(=O)Nc1ccc(NC(=O)c2ccco2)cc1. The Balaban J connectivity index is 1.68. The molecule has 0 saturated heterocycles. The van der Waals surface area contributed by atoms with Crippen LogP contribution in [0.4, 0.5) is 15.8 Å². The van der Waals surface area contributed by atoms with Crippen LogP contribution in [0.15, 0.2) is 76.2 Å². The molecule has 33 heavy (non-hydrogen) atoms. The quantitative estimate of drug-likeness (QED) is 0.398. The molecule has 1 unspecified atom stereocenters. The van der Waals surface area contributed by atoms with Crippen LogP contribution in [-0.2, 0) is 14.8 Å². The van der Waals surface area contributed by atoms with Crippen molar-refractivity contribution in [2.24, 2.45) is 0 Å². The van der Waals surface area contributed by atoms with E-state index in [-0.39, 0.29) is 12.2 Å². The summed E-state index contributed by atoms with van der Waals surface area (Å²) < 4.78 is 46.6. The van der Waals surface area contributed by atoms with Gasteiger partial charge in [-0.15, -0.1) is 0 Å². The number of carbonyl (C=O) groups is 2. The van der Waals surface area contributed by atoms with Crippen LogP contribution >= 0.6 is 11.8 Å². The number of furan rings is 1. The zero-order valence-electron chi connectivity index (χ0n) is 17.6. The maximum Gasteiger partial charge on any atom is 0.291 e. The van der Waals surface area contributed by atoms with Gasteiger partial charge in [-0.3, -0.25) is 9.59 Å². The Morgan fingerprint density at radius 3 is 2.27 bits per heavy atom. The predicted octanol–water partition coefficient (Wildman–Crippen LogP) is 3.71. The molecule has 2 amide bonds. The summed E-state index contributed by atoms with van der Waals surface area (Å²) in [6.07, 6.45) is 3.43. The number of amides is 2. The highest BCUT2D eigenvalue weighted by molar-refractivity contribution is 7.98. The predicted molar refractivity (Wildman–Crippen MR) is 125 cm³/mol. The minimum Gasteiger partial charge on any atom is -0.459 e. The van der Waals surface area contributed by atoms with Crippen LogP contribution in [0.1, 0.15) is 17.0 Å². The third-order valence-electron chi connectivity index (χ3n) is 4.51. The zero-order chi connectivity index (χ0) is 23.8. The number of nitrogens with one attached hydrogen (secondary N) is 3. The second-order valence-electron chi connectivity index (χ2n) is 6.88. The number of rotatable bonds is 10. The molecule has 0 saturated carbocycles. The van der Waals surface area contributed by atoms with Gasteiger partial charge in [-0.25, -0.2) is 12.8 Å². The summed E-state index contributed by atoms with van der Waals surface area (Å²) in [6.45, 7) is 0. The lowest BCUT2D eigenvalue weighted by Gasteiger charge is -2.18. The Morgan fingerprint density at radius 2 is 1.67 bits per heavy atom. The van der Waals surface area contributed by atoms with Gasteiger partial charge in [0.2, 0.25) is 15.9 Å². The normalized spacial score (nSPS) is 12.2.